The van der Waals surface area contributed by atoms with Crippen molar-refractivity contribution in [2.45, 2.75) is 370 Å². The van der Waals surface area contributed by atoms with E-state index in [2.05, 4.69) is 138 Å². The van der Waals surface area contributed by atoms with Gasteiger partial charge in [0, 0.05) is 21.6 Å². The Morgan fingerprint density at radius 1 is 0.475 bits per heavy atom. The molecule has 11 rings (SSSR count). The van der Waals surface area contributed by atoms with Crippen molar-refractivity contribution < 1.29 is 54.4 Å². The molecule has 31 heteroatoms. The van der Waals surface area contributed by atoms with Crippen LogP contribution in [0.25, 0.3) is 0 Å². The molecule has 3 aliphatic carbocycles. The van der Waals surface area contributed by atoms with Crippen molar-refractivity contribution in [1.82, 2.24) is 15.0 Å². The Balaban J connectivity index is 0.000000202. The molecule has 0 bridgehead atoms. The van der Waals surface area contributed by atoms with Crippen molar-refractivity contribution in [3.63, 3.8) is 0 Å². The zero-order valence-corrected chi connectivity index (χ0v) is 88.0. The molecule has 18 nitrogen and oxygen atoms in total. The van der Waals surface area contributed by atoms with Crippen LogP contribution >= 0.6 is 70.4 Å². The van der Waals surface area contributed by atoms with Crippen molar-refractivity contribution in [2.24, 2.45) is 44.3 Å². The summed E-state index contributed by atoms with van der Waals surface area (Å²) in [4.78, 5) is 68.7. The van der Waals surface area contributed by atoms with Gasteiger partial charge in [-0.3, -0.25) is 29.4 Å². The maximum atomic E-state index is 16.9. The van der Waals surface area contributed by atoms with Crippen LogP contribution in [0, 0.1) is 33.7 Å². The molecule has 662 valence electrons. The average molecular weight is 2060 g/mol. The monoisotopic (exact) mass is 2050 g/mol. The maximum absolute atomic E-state index is 16.9. The standard InChI is InChI=1S/C29H46BrFIN3O3SSi.2C29H45BrFN3O3SSi/c1-10-40(11-2,12-3)20-15-22(30)34-25(24(20)31)28(9)19-39(37,33-18-29(17-32)13-14-29)27(7,8)21(35-28)16-23(36)38-26(4,5)6;2*1-10-39(11-2,12-3)19-15-22(30)33-25(24(19)31)28(9)21-17-29(13-14-29)18-32-38(21,36)27(7,8)20(34-28)16-23(35)37-26(4,5)6/h15H,10-14,16-19H2,1-9H3;2*15,21H,10-14,16-18H2,1-9H3/t28-,39+;21-,28+,38-;21-,28-,38+/m010/s1. The van der Waals surface area contributed by atoms with Gasteiger partial charge in [-0.1, -0.05) is 139 Å². The summed E-state index contributed by atoms with van der Waals surface area (Å²) < 4.78 is 127. The summed E-state index contributed by atoms with van der Waals surface area (Å²) in [5.41, 5.74) is -3.67. The Hall–Kier alpha value is -2.67. The number of rotatable bonds is 24. The highest BCUT2D eigenvalue weighted by Gasteiger charge is 2.65. The van der Waals surface area contributed by atoms with Crippen LogP contribution in [0.3, 0.4) is 0 Å². The number of esters is 3. The highest BCUT2D eigenvalue weighted by atomic mass is 127. The molecule has 3 fully saturated rings. The summed E-state index contributed by atoms with van der Waals surface area (Å²) in [6.45, 7) is 54.0. The molecular weight excluding hydrogens is 1920 g/mol. The molecule has 0 N–H and O–H groups in total. The molecule has 0 radical (unpaired) electrons. The Morgan fingerprint density at radius 3 is 1.03 bits per heavy atom. The van der Waals surface area contributed by atoms with E-state index in [1.165, 1.54) is 0 Å². The largest absolute Gasteiger partial charge is 0.460 e. The quantitative estimate of drug-likeness (QED) is 0.0203. The average Bonchev–Trinajstić information content (AvgIpc) is 1.35. The predicted octanol–water partition coefficient (Wildman–Crippen LogP) is 21.4. The van der Waals surface area contributed by atoms with Crippen LogP contribution in [0.4, 0.5) is 13.2 Å². The Bertz CT molecular complexity index is 4670. The summed E-state index contributed by atoms with van der Waals surface area (Å²) in [5, 5.41) is 1.22. The van der Waals surface area contributed by atoms with E-state index in [0.29, 0.717) is 63.4 Å². The zero-order valence-electron chi connectivity index (χ0n) is 75.6. The van der Waals surface area contributed by atoms with Gasteiger partial charge in [-0.15, -0.1) is 0 Å². The molecule has 0 aromatic carbocycles. The number of pyridine rings is 3. The van der Waals surface area contributed by atoms with E-state index in [0.717, 1.165) is 113 Å². The van der Waals surface area contributed by atoms with Crippen LogP contribution in [-0.2, 0) is 74.4 Å². The molecule has 3 aromatic rings. The van der Waals surface area contributed by atoms with E-state index in [1.54, 1.807) is 6.92 Å². The minimum Gasteiger partial charge on any atom is -0.460 e. The zero-order chi connectivity index (χ0) is 88.8. The van der Waals surface area contributed by atoms with Crippen molar-refractivity contribution in [2.75, 3.05) is 29.8 Å². The van der Waals surface area contributed by atoms with Gasteiger partial charge in [0.1, 0.15) is 81.8 Å². The van der Waals surface area contributed by atoms with E-state index in [9.17, 15) is 14.4 Å². The molecular formula is C87H136Br3F3IN9O9S3Si3. The Kier molecular flexibility index (Phi) is 29.3. The second-order valence-corrected chi connectivity index (χ2v) is 68.0. The number of ether oxygens (including phenoxy) is 3. The van der Waals surface area contributed by atoms with E-state index in [1.807, 2.05) is 136 Å². The normalized spacial score (nSPS) is 28.1. The van der Waals surface area contributed by atoms with Crippen LogP contribution in [0.15, 0.2) is 60.1 Å². The number of hydrogen-bond donors (Lipinski definition) is 0. The molecule has 8 heterocycles. The number of carbonyl (C=O) groups excluding carboxylic acids is 3. The van der Waals surface area contributed by atoms with Gasteiger partial charge in [-0.05, 0) is 274 Å². The third-order valence-corrected chi connectivity index (χ3v) is 58.5. The fourth-order valence-electron chi connectivity index (χ4n) is 18.9. The molecule has 2 spiro atoms. The first-order chi connectivity index (χ1) is 54.2. The van der Waals surface area contributed by atoms with E-state index in [-0.39, 0.29) is 75.8 Å². The van der Waals surface area contributed by atoms with Gasteiger partial charge in [0.15, 0.2) is 0 Å². The summed E-state index contributed by atoms with van der Waals surface area (Å²) >= 11 is 13.1. The van der Waals surface area contributed by atoms with Gasteiger partial charge >= 0.3 is 17.9 Å². The van der Waals surface area contributed by atoms with Crippen LogP contribution in [0.1, 0.15) is 275 Å². The summed E-state index contributed by atoms with van der Waals surface area (Å²) in [5.74, 6) is -2.29. The molecule has 3 aromatic heterocycles. The highest BCUT2D eigenvalue weighted by Crippen LogP contribution is 2.62. The number of fused-ring (bicyclic) bond motifs is 2. The summed E-state index contributed by atoms with van der Waals surface area (Å²) in [6.07, 6.45) is 7.21. The number of halogens is 7. The molecule has 0 saturated heterocycles. The van der Waals surface area contributed by atoms with E-state index >= 15 is 25.8 Å². The van der Waals surface area contributed by atoms with Gasteiger partial charge in [0.25, 0.3) is 0 Å². The predicted molar refractivity (Wildman–Crippen MR) is 506 cm³/mol. The van der Waals surface area contributed by atoms with Gasteiger partial charge in [-0.2, -0.15) is 0 Å². The van der Waals surface area contributed by atoms with Crippen molar-refractivity contribution in [3.05, 3.63) is 66.5 Å². The van der Waals surface area contributed by atoms with Crippen LogP contribution in [0.2, 0.25) is 54.4 Å². The smallest absolute Gasteiger partial charge is 0.312 e. The second-order valence-electron chi connectivity index (χ2n) is 40.4. The minimum atomic E-state index is -2.99. The Morgan fingerprint density at radius 2 is 0.763 bits per heavy atom. The molecule has 0 unspecified atom stereocenters. The summed E-state index contributed by atoms with van der Waals surface area (Å²) in [6, 6.07) is 13.8. The Labute approximate surface area is 747 Å². The first kappa shape index (κ1) is 99.1. The van der Waals surface area contributed by atoms with E-state index < -0.39 is 129 Å². The number of carbonyl (C=O) groups is 3. The SMILES string of the molecule is CC[Si](CC)(CC)c1cc(Br)nc([C@@]2(C)N=C(CC(=O)OC(C)(C)C)C(C)(C)[S@@]3(=O)=NCC4(CC4)C[C@@H]23)c1F.CC[Si](CC)(CC)c1cc(Br)nc([C@@]2(C)N=C(CC(=O)OC(C)(C)C)C(C)(C)[S@@]3(=O)=NCC4(CC4)C[C@H]23)c1F.CC[Si](CC)(CC)c1cc(Br)nc([C@]2(C)C[S@](=O)(=NCC3(CI)CC3)C(C)(C)C(CC(=O)OC(C)(C)C)=N2)c1F. The van der Waals surface area contributed by atoms with Crippen molar-refractivity contribution >= 4 is 174 Å². The van der Waals surface area contributed by atoms with Gasteiger partial charge in [-0.25, -0.2) is 53.8 Å². The second kappa shape index (κ2) is 34.8. The molecule has 3 saturated carbocycles. The van der Waals surface area contributed by atoms with Gasteiger partial charge in [0.05, 0.1) is 123 Å². The van der Waals surface area contributed by atoms with Crippen molar-refractivity contribution in [1.29, 1.82) is 0 Å². The number of alkyl halides is 1. The first-order valence-electron chi connectivity index (χ1n) is 42.9. The first-order valence-corrected chi connectivity index (χ1v) is 59.5. The van der Waals surface area contributed by atoms with Gasteiger partial charge < -0.3 is 14.2 Å². The number of hydrogen-bond acceptors (Lipinski definition) is 18. The lowest BCUT2D eigenvalue weighted by atomic mass is 9.84. The fourth-order valence-corrected chi connectivity index (χ4v) is 42.4. The maximum Gasteiger partial charge on any atom is 0.312 e. The van der Waals surface area contributed by atoms with Crippen LogP contribution in [0.5, 0.6) is 0 Å². The van der Waals surface area contributed by atoms with Gasteiger partial charge in [0.2, 0.25) is 0 Å². The van der Waals surface area contributed by atoms with Crippen molar-refractivity contribution in [3.8, 4) is 0 Å². The molecule has 118 heavy (non-hydrogen) atoms. The third-order valence-electron chi connectivity index (χ3n) is 28.4. The molecule has 0 amide bonds. The lowest BCUT2D eigenvalue weighted by Crippen LogP contribution is -2.60. The summed E-state index contributed by atoms with van der Waals surface area (Å²) in [7, 11) is -15.3. The van der Waals surface area contributed by atoms with Crippen LogP contribution < -0.4 is 15.6 Å². The minimum absolute atomic E-state index is 0.0151. The highest BCUT2D eigenvalue weighted by molar-refractivity contribution is 14.1. The topological polar surface area (TPSA) is 243 Å². The number of nitrogens with zero attached hydrogens (tertiary/aromatic N) is 9. The lowest BCUT2D eigenvalue weighted by Gasteiger charge is -2.50. The van der Waals surface area contributed by atoms with Crippen LogP contribution in [-0.4, -0.2) is 158 Å². The molecule has 8 atom stereocenters. The molecule has 5 aliphatic heterocycles. The number of aliphatic imine (C=N–C) groups is 3. The third kappa shape index (κ3) is 19.0. The fraction of sp³-hybridized carbons (Fsp3) is 0.759. The lowest BCUT2D eigenvalue weighted by molar-refractivity contribution is -0.154. The number of aromatic nitrogens is 3. The van der Waals surface area contributed by atoms with E-state index in [4.69, 9.17) is 52.2 Å². The molecule has 8 aliphatic rings.